The van der Waals surface area contributed by atoms with Gasteiger partial charge in [0, 0.05) is 13.0 Å². The number of ether oxygens (including phenoxy) is 5. The lowest BCUT2D eigenvalue weighted by atomic mass is 9.71. The van der Waals surface area contributed by atoms with Crippen LogP contribution < -0.4 is 0 Å². The van der Waals surface area contributed by atoms with Crippen LogP contribution in [0.3, 0.4) is 0 Å². The van der Waals surface area contributed by atoms with Gasteiger partial charge in [-0.3, -0.25) is 0 Å². The van der Waals surface area contributed by atoms with Gasteiger partial charge in [0.1, 0.15) is 6.10 Å². The Morgan fingerprint density at radius 3 is 2.45 bits per heavy atom. The molecule has 0 aromatic rings. The molecule has 0 bridgehead atoms. The standard InChI is InChI=1S/C22H35FO6/c1-22(2,3)16-7-5-14(6-8-16)18(23)21(24)29-17-13-28-19-15(12-27-20(17)19)11-26-10-9-25-4/h15-17,19-20H,5-13H2,1-4H3/t15-,16?,17-,19-,20-/m1/s1. The van der Waals surface area contributed by atoms with Gasteiger partial charge in [0.15, 0.2) is 6.10 Å². The molecular weight excluding hydrogens is 379 g/mol. The van der Waals surface area contributed by atoms with Crippen LogP contribution in [0, 0.1) is 17.3 Å². The van der Waals surface area contributed by atoms with Crippen LogP contribution in [-0.4, -0.2) is 64.4 Å². The lowest BCUT2D eigenvalue weighted by molar-refractivity contribution is -0.150. The van der Waals surface area contributed by atoms with Crippen molar-refractivity contribution in [2.75, 3.05) is 40.1 Å². The maximum absolute atomic E-state index is 14.7. The predicted octanol–water partition coefficient (Wildman–Crippen LogP) is 3.43. The zero-order valence-electron chi connectivity index (χ0n) is 18.1. The number of fused-ring (bicyclic) bond motifs is 1. The highest BCUT2D eigenvalue weighted by Crippen LogP contribution is 2.41. The molecule has 3 aliphatic rings. The van der Waals surface area contributed by atoms with Gasteiger partial charge < -0.3 is 23.7 Å². The Labute approximate surface area is 173 Å². The van der Waals surface area contributed by atoms with E-state index >= 15 is 0 Å². The van der Waals surface area contributed by atoms with Gasteiger partial charge in [0.05, 0.1) is 39.1 Å². The first-order chi connectivity index (χ1) is 13.8. The van der Waals surface area contributed by atoms with Crippen molar-refractivity contribution in [1.29, 1.82) is 0 Å². The van der Waals surface area contributed by atoms with E-state index in [-0.39, 0.29) is 30.1 Å². The second kappa shape index (κ2) is 9.86. The highest BCUT2D eigenvalue weighted by molar-refractivity contribution is 5.87. The first kappa shape index (κ1) is 22.7. The Balaban J connectivity index is 1.49. The molecule has 2 saturated heterocycles. The average molecular weight is 415 g/mol. The zero-order chi connectivity index (χ0) is 21.0. The summed E-state index contributed by atoms with van der Waals surface area (Å²) in [6.07, 6.45) is 1.93. The summed E-state index contributed by atoms with van der Waals surface area (Å²) >= 11 is 0. The van der Waals surface area contributed by atoms with Gasteiger partial charge in [-0.05, 0) is 42.6 Å². The first-order valence-corrected chi connectivity index (χ1v) is 10.7. The second-order valence-electron chi connectivity index (χ2n) is 9.43. The lowest BCUT2D eigenvalue weighted by Crippen LogP contribution is -2.34. The van der Waals surface area contributed by atoms with Gasteiger partial charge in [0.2, 0.25) is 5.83 Å². The van der Waals surface area contributed by atoms with E-state index in [2.05, 4.69) is 20.8 Å². The molecule has 166 valence electrons. The molecule has 29 heavy (non-hydrogen) atoms. The van der Waals surface area contributed by atoms with E-state index in [1.807, 2.05) is 0 Å². The zero-order valence-corrected chi connectivity index (χ0v) is 18.1. The summed E-state index contributed by atoms with van der Waals surface area (Å²) < 4.78 is 42.3. The molecule has 3 fully saturated rings. The van der Waals surface area contributed by atoms with Crippen LogP contribution in [0.15, 0.2) is 11.4 Å². The van der Waals surface area contributed by atoms with Crippen LogP contribution in [0.2, 0.25) is 0 Å². The van der Waals surface area contributed by atoms with E-state index in [0.29, 0.717) is 50.8 Å². The average Bonchev–Trinajstić information content (AvgIpc) is 3.27. The number of rotatable bonds is 7. The van der Waals surface area contributed by atoms with Crippen molar-refractivity contribution in [3.63, 3.8) is 0 Å². The fourth-order valence-electron chi connectivity index (χ4n) is 4.55. The lowest BCUT2D eigenvalue weighted by Gasteiger charge is -2.34. The van der Waals surface area contributed by atoms with Crippen molar-refractivity contribution < 1.29 is 32.9 Å². The molecule has 0 aromatic heterocycles. The Hall–Kier alpha value is -1.02. The summed E-state index contributed by atoms with van der Waals surface area (Å²) in [5, 5.41) is 0. The molecule has 6 nitrogen and oxygen atoms in total. The molecule has 1 saturated carbocycles. The van der Waals surface area contributed by atoms with E-state index in [1.165, 1.54) is 0 Å². The van der Waals surface area contributed by atoms with Crippen molar-refractivity contribution in [1.82, 2.24) is 0 Å². The quantitative estimate of drug-likeness (QED) is 0.361. The summed E-state index contributed by atoms with van der Waals surface area (Å²) in [7, 11) is 1.63. The number of hydrogen-bond donors (Lipinski definition) is 0. The SMILES string of the molecule is COCCOC[C@@H]1CO[C@H]2[C@@H]1OC[C@H]2OC(=O)C(F)=C1CCC(C(C)(C)C)CC1. The number of halogens is 1. The van der Waals surface area contributed by atoms with Gasteiger partial charge in [-0.25, -0.2) is 4.79 Å². The van der Waals surface area contributed by atoms with Gasteiger partial charge in [-0.2, -0.15) is 4.39 Å². The summed E-state index contributed by atoms with van der Waals surface area (Å²) in [6.45, 7) is 8.89. The van der Waals surface area contributed by atoms with Crippen molar-refractivity contribution in [3.8, 4) is 0 Å². The molecule has 4 atom stereocenters. The van der Waals surface area contributed by atoms with Crippen LogP contribution in [0.25, 0.3) is 0 Å². The minimum Gasteiger partial charge on any atom is -0.452 e. The monoisotopic (exact) mass is 414 g/mol. The molecular formula is C22H35FO6. The van der Waals surface area contributed by atoms with Crippen LogP contribution >= 0.6 is 0 Å². The van der Waals surface area contributed by atoms with Gasteiger partial charge in [-0.1, -0.05) is 20.8 Å². The molecule has 2 aliphatic heterocycles. The number of methoxy groups -OCH3 is 1. The number of allylic oxidation sites excluding steroid dienone is 1. The van der Waals surface area contributed by atoms with E-state index in [4.69, 9.17) is 23.7 Å². The van der Waals surface area contributed by atoms with Crippen molar-refractivity contribution in [2.45, 2.75) is 64.8 Å². The molecule has 0 spiro atoms. The number of carbonyl (C=O) groups excluding carboxylic acids is 1. The predicted molar refractivity (Wildman–Crippen MR) is 105 cm³/mol. The third-order valence-electron chi connectivity index (χ3n) is 6.44. The van der Waals surface area contributed by atoms with Gasteiger partial charge >= 0.3 is 5.97 Å². The number of carbonyl (C=O) groups is 1. The summed E-state index contributed by atoms with van der Waals surface area (Å²) in [4.78, 5) is 12.4. The minimum atomic E-state index is -0.883. The Morgan fingerprint density at radius 1 is 1.10 bits per heavy atom. The van der Waals surface area contributed by atoms with Crippen molar-refractivity contribution in [3.05, 3.63) is 11.4 Å². The van der Waals surface area contributed by atoms with Crippen LogP contribution in [0.1, 0.15) is 46.5 Å². The fraction of sp³-hybridized carbons (Fsp3) is 0.864. The topological polar surface area (TPSA) is 63.2 Å². The highest BCUT2D eigenvalue weighted by atomic mass is 19.1. The maximum atomic E-state index is 14.7. The van der Waals surface area contributed by atoms with Gasteiger partial charge in [0.25, 0.3) is 0 Å². The molecule has 0 radical (unpaired) electrons. The number of esters is 1. The fourth-order valence-corrected chi connectivity index (χ4v) is 4.55. The third-order valence-corrected chi connectivity index (χ3v) is 6.44. The minimum absolute atomic E-state index is 0.0800. The number of hydrogen-bond acceptors (Lipinski definition) is 6. The van der Waals surface area contributed by atoms with E-state index in [9.17, 15) is 9.18 Å². The Bertz CT molecular complexity index is 589. The van der Waals surface area contributed by atoms with Crippen LogP contribution in [0.5, 0.6) is 0 Å². The van der Waals surface area contributed by atoms with Crippen molar-refractivity contribution >= 4 is 5.97 Å². The molecule has 0 aromatic carbocycles. The van der Waals surface area contributed by atoms with Crippen LogP contribution in [-0.2, 0) is 28.5 Å². The molecule has 0 amide bonds. The molecule has 1 aliphatic carbocycles. The first-order valence-electron chi connectivity index (χ1n) is 10.7. The highest BCUT2D eigenvalue weighted by Gasteiger charge is 2.49. The van der Waals surface area contributed by atoms with E-state index < -0.39 is 17.9 Å². The van der Waals surface area contributed by atoms with E-state index in [0.717, 1.165) is 12.8 Å². The van der Waals surface area contributed by atoms with E-state index in [1.54, 1.807) is 7.11 Å². The summed E-state index contributed by atoms with van der Waals surface area (Å²) in [5.41, 5.74) is 0.797. The Morgan fingerprint density at radius 2 is 1.79 bits per heavy atom. The summed E-state index contributed by atoms with van der Waals surface area (Å²) in [6, 6.07) is 0. The van der Waals surface area contributed by atoms with Crippen molar-refractivity contribution in [2.24, 2.45) is 17.3 Å². The largest absolute Gasteiger partial charge is 0.452 e. The normalized spacial score (nSPS) is 32.3. The van der Waals surface area contributed by atoms with Crippen LogP contribution in [0.4, 0.5) is 4.39 Å². The third kappa shape index (κ3) is 5.57. The smallest absolute Gasteiger partial charge is 0.367 e. The van der Waals surface area contributed by atoms with Gasteiger partial charge in [-0.15, -0.1) is 0 Å². The maximum Gasteiger partial charge on any atom is 0.367 e. The summed E-state index contributed by atoms with van der Waals surface area (Å²) in [5.74, 6) is -0.976. The molecule has 3 rings (SSSR count). The molecule has 0 unspecified atom stereocenters. The Kier molecular flexibility index (Phi) is 7.70. The molecule has 0 N–H and O–H groups in total. The second-order valence-corrected chi connectivity index (χ2v) is 9.43. The molecule has 2 heterocycles. The molecule has 7 heteroatoms.